The van der Waals surface area contributed by atoms with Gasteiger partial charge in [-0.3, -0.25) is 14.4 Å². The highest BCUT2D eigenvalue weighted by Crippen LogP contribution is 2.19. The zero-order valence-corrected chi connectivity index (χ0v) is 29.5. The van der Waals surface area contributed by atoms with Crippen LogP contribution in [0.25, 0.3) is 0 Å². The van der Waals surface area contributed by atoms with Gasteiger partial charge >= 0.3 is 0 Å². The van der Waals surface area contributed by atoms with Crippen LogP contribution in [-0.2, 0) is 14.4 Å². The first-order valence-electron chi connectivity index (χ1n) is 19.4. The zero-order valence-electron chi connectivity index (χ0n) is 29.5. The van der Waals surface area contributed by atoms with Gasteiger partial charge in [-0.15, -0.1) is 0 Å². The number of hydrogen-bond donors (Lipinski definition) is 2. The second-order valence-electron chi connectivity index (χ2n) is 13.6. The van der Waals surface area contributed by atoms with Crippen LogP contribution in [0.2, 0.25) is 0 Å². The van der Waals surface area contributed by atoms with Gasteiger partial charge in [0.2, 0.25) is 17.2 Å². The molecule has 0 aromatic heterocycles. The van der Waals surface area contributed by atoms with E-state index < -0.39 is 29.6 Å². The van der Waals surface area contributed by atoms with E-state index in [2.05, 4.69) is 13.8 Å². The molecule has 0 aliphatic rings. The Kier molecular flexibility index (Phi) is 31.1. The van der Waals surface area contributed by atoms with Crippen molar-refractivity contribution in [2.24, 2.45) is 0 Å². The predicted octanol–water partition coefficient (Wildman–Crippen LogP) is 10.9. The summed E-state index contributed by atoms with van der Waals surface area (Å²) in [5, 5.41) is 20.3. The molecule has 260 valence electrons. The van der Waals surface area contributed by atoms with Crippen LogP contribution in [0.1, 0.15) is 219 Å². The van der Waals surface area contributed by atoms with E-state index in [4.69, 9.17) is 0 Å². The van der Waals surface area contributed by atoms with E-state index in [0.29, 0.717) is 12.8 Å². The minimum absolute atomic E-state index is 0.0211. The van der Waals surface area contributed by atoms with Crippen molar-refractivity contribution in [3.05, 3.63) is 0 Å². The van der Waals surface area contributed by atoms with Gasteiger partial charge in [0.15, 0.2) is 5.78 Å². The van der Waals surface area contributed by atoms with Gasteiger partial charge in [0.05, 0.1) is 6.61 Å². The van der Waals surface area contributed by atoms with Crippen LogP contribution in [-0.4, -0.2) is 39.8 Å². The smallest absolute Gasteiger partial charge is 0.239 e. The number of unbranched alkanes of at least 4 members (excludes halogenated alkanes) is 28. The van der Waals surface area contributed by atoms with Crippen molar-refractivity contribution in [3.8, 4) is 0 Å². The van der Waals surface area contributed by atoms with Crippen molar-refractivity contribution in [2.45, 2.75) is 225 Å². The first kappa shape index (κ1) is 42.9. The lowest BCUT2D eigenvalue weighted by Gasteiger charge is -2.22. The highest BCUT2D eigenvalue weighted by Gasteiger charge is 2.45. The molecular formula is C39H74O5. The maximum Gasteiger partial charge on any atom is 0.239 e. The highest BCUT2D eigenvalue weighted by atomic mass is 16.4. The molecule has 0 saturated heterocycles. The van der Waals surface area contributed by atoms with Gasteiger partial charge < -0.3 is 10.2 Å². The van der Waals surface area contributed by atoms with Crippen molar-refractivity contribution in [3.63, 3.8) is 0 Å². The number of hydrogen-bond acceptors (Lipinski definition) is 5. The lowest BCUT2D eigenvalue weighted by atomic mass is 9.87. The molecule has 0 aliphatic heterocycles. The molecule has 0 fully saturated rings. The largest absolute Gasteiger partial charge is 0.392 e. The van der Waals surface area contributed by atoms with E-state index in [1.165, 1.54) is 141 Å². The summed E-state index contributed by atoms with van der Waals surface area (Å²) in [7, 11) is 0. The monoisotopic (exact) mass is 623 g/mol. The van der Waals surface area contributed by atoms with Crippen molar-refractivity contribution in [1.82, 2.24) is 0 Å². The van der Waals surface area contributed by atoms with E-state index >= 15 is 0 Å². The summed E-state index contributed by atoms with van der Waals surface area (Å²) >= 11 is 0. The summed E-state index contributed by atoms with van der Waals surface area (Å²) in [5.74, 6) is -2.58. The second kappa shape index (κ2) is 31.9. The number of carbonyl (C=O) groups is 3. The summed E-state index contributed by atoms with van der Waals surface area (Å²) in [6, 6.07) is 0. The lowest BCUT2D eigenvalue weighted by Crippen LogP contribution is -2.52. The number of ketones is 3. The third-order valence-electron chi connectivity index (χ3n) is 9.33. The Bertz CT molecular complexity index is 675. The van der Waals surface area contributed by atoms with E-state index in [9.17, 15) is 24.6 Å². The Morgan fingerprint density at radius 1 is 0.409 bits per heavy atom. The fourth-order valence-electron chi connectivity index (χ4n) is 6.15. The SMILES string of the molecule is CCCCCCCCCCCCCCCCCC(=O)C(=O)C(O)(CO)C(=O)CCCCCCCCCCCCCCCCC. The van der Waals surface area contributed by atoms with Crippen LogP contribution in [0.3, 0.4) is 0 Å². The minimum atomic E-state index is -2.57. The molecule has 0 aromatic carbocycles. The van der Waals surface area contributed by atoms with E-state index in [0.717, 1.165) is 38.5 Å². The number of carbonyl (C=O) groups excluding carboxylic acids is 3. The lowest BCUT2D eigenvalue weighted by molar-refractivity contribution is -0.160. The number of aliphatic hydroxyl groups is 2. The second-order valence-corrected chi connectivity index (χ2v) is 13.6. The van der Waals surface area contributed by atoms with Crippen LogP contribution in [0.4, 0.5) is 0 Å². The predicted molar refractivity (Wildman–Crippen MR) is 186 cm³/mol. The quantitative estimate of drug-likeness (QED) is 0.0412. The Labute approximate surface area is 273 Å². The number of rotatable bonds is 36. The molecular weight excluding hydrogens is 548 g/mol. The average Bonchev–Trinajstić information content (AvgIpc) is 3.03. The first-order chi connectivity index (χ1) is 21.4. The summed E-state index contributed by atoms with van der Waals surface area (Å²) in [4.78, 5) is 37.6. The molecule has 0 radical (unpaired) electrons. The molecule has 5 heteroatoms. The molecule has 0 spiro atoms. The summed E-state index contributed by atoms with van der Waals surface area (Å²) in [5.41, 5.74) is -2.57. The number of Topliss-reactive ketones (excluding diaryl/α,β-unsaturated/α-hetero) is 3. The molecule has 0 heterocycles. The Balaban J connectivity index is 3.80. The fourth-order valence-corrected chi connectivity index (χ4v) is 6.15. The molecule has 5 nitrogen and oxygen atoms in total. The summed E-state index contributed by atoms with van der Waals surface area (Å²) < 4.78 is 0. The Morgan fingerprint density at radius 3 is 0.932 bits per heavy atom. The molecule has 0 rings (SSSR count). The molecule has 44 heavy (non-hydrogen) atoms. The van der Waals surface area contributed by atoms with Crippen molar-refractivity contribution >= 4 is 17.3 Å². The van der Waals surface area contributed by atoms with Gasteiger partial charge in [-0.1, -0.05) is 194 Å². The Hall–Kier alpha value is -1.07. The molecule has 0 amide bonds. The Morgan fingerprint density at radius 2 is 0.659 bits per heavy atom. The molecule has 2 N–H and O–H groups in total. The normalized spacial score (nSPS) is 12.8. The third kappa shape index (κ3) is 24.2. The van der Waals surface area contributed by atoms with Gasteiger partial charge in [0.25, 0.3) is 0 Å². The molecule has 1 unspecified atom stereocenters. The van der Waals surface area contributed by atoms with Crippen LogP contribution >= 0.6 is 0 Å². The number of aliphatic hydroxyl groups excluding tert-OH is 1. The van der Waals surface area contributed by atoms with Gasteiger partial charge in [-0.2, -0.15) is 0 Å². The van der Waals surface area contributed by atoms with Crippen molar-refractivity contribution in [2.75, 3.05) is 6.61 Å². The standard InChI is InChI=1S/C39H74O5/c1-3-5-7-9-11-13-15-17-19-21-23-25-27-29-31-33-36(41)38(43)39(44,35-40)37(42)34-32-30-28-26-24-22-20-18-16-14-12-10-8-6-4-2/h40,44H,3-35H2,1-2H3. The minimum Gasteiger partial charge on any atom is -0.392 e. The molecule has 0 aliphatic carbocycles. The maximum absolute atomic E-state index is 12.6. The molecule has 1 atom stereocenters. The fraction of sp³-hybridized carbons (Fsp3) is 0.923. The van der Waals surface area contributed by atoms with Crippen molar-refractivity contribution < 1.29 is 24.6 Å². The third-order valence-corrected chi connectivity index (χ3v) is 9.33. The zero-order chi connectivity index (χ0) is 32.6. The summed E-state index contributed by atoms with van der Waals surface area (Å²) in [6.07, 6.45) is 36.5. The maximum atomic E-state index is 12.6. The first-order valence-corrected chi connectivity index (χ1v) is 19.4. The summed E-state index contributed by atoms with van der Waals surface area (Å²) in [6.45, 7) is 3.49. The van der Waals surface area contributed by atoms with Crippen LogP contribution in [0, 0.1) is 0 Å². The van der Waals surface area contributed by atoms with Crippen molar-refractivity contribution in [1.29, 1.82) is 0 Å². The topological polar surface area (TPSA) is 91.7 Å². The molecule has 0 aromatic rings. The van der Waals surface area contributed by atoms with E-state index in [1.807, 2.05) is 0 Å². The van der Waals surface area contributed by atoms with Gasteiger partial charge in [-0.05, 0) is 12.8 Å². The van der Waals surface area contributed by atoms with Gasteiger partial charge in [-0.25, -0.2) is 0 Å². The average molecular weight is 623 g/mol. The van der Waals surface area contributed by atoms with Gasteiger partial charge in [0, 0.05) is 12.8 Å². The van der Waals surface area contributed by atoms with Gasteiger partial charge in [0.1, 0.15) is 0 Å². The highest BCUT2D eigenvalue weighted by molar-refractivity contribution is 6.44. The molecule has 0 saturated carbocycles. The van der Waals surface area contributed by atoms with Crippen LogP contribution in [0.15, 0.2) is 0 Å². The van der Waals surface area contributed by atoms with E-state index in [1.54, 1.807) is 0 Å². The van der Waals surface area contributed by atoms with Crippen LogP contribution < -0.4 is 0 Å². The van der Waals surface area contributed by atoms with Crippen LogP contribution in [0.5, 0.6) is 0 Å². The molecule has 0 bridgehead atoms. The van der Waals surface area contributed by atoms with E-state index in [-0.39, 0.29) is 12.8 Å².